The zero-order valence-corrected chi connectivity index (χ0v) is 14.1. The lowest BCUT2D eigenvalue weighted by Crippen LogP contribution is -2.40. The molecule has 2 N–H and O–H groups in total. The molecule has 6 heteroatoms. The van der Waals surface area contributed by atoms with E-state index in [-0.39, 0.29) is 19.1 Å². The van der Waals surface area contributed by atoms with Gasteiger partial charge in [0.15, 0.2) is 6.61 Å². The highest BCUT2D eigenvalue weighted by molar-refractivity contribution is 6.30. The highest BCUT2D eigenvalue weighted by Gasteiger charge is 2.28. The standard InChI is InChI=1S/C17H20ClNO4/c1-11-8-15(12(2)23-11)17(3,21)10-19-16(20)9-22-14-6-4-13(18)5-7-14/h4-8,21H,9-10H2,1-3H3,(H,19,20). The summed E-state index contributed by atoms with van der Waals surface area (Å²) in [6.07, 6.45) is 0. The minimum Gasteiger partial charge on any atom is -0.484 e. The number of hydrogen-bond acceptors (Lipinski definition) is 4. The minimum absolute atomic E-state index is 0.0651. The summed E-state index contributed by atoms with van der Waals surface area (Å²) in [6, 6.07) is 8.51. The van der Waals surface area contributed by atoms with Crippen molar-refractivity contribution in [3.8, 4) is 5.75 Å². The van der Waals surface area contributed by atoms with Gasteiger partial charge in [-0.05, 0) is 51.1 Å². The van der Waals surface area contributed by atoms with Gasteiger partial charge >= 0.3 is 0 Å². The Bertz CT molecular complexity index is 676. The molecule has 0 bridgehead atoms. The Hall–Kier alpha value is -1.98. The summed E-state index contributed by atoms with van der Waals surface area (Å²) < 4.78 is 10.8. The third-order valence-corrected chi connectivity index (χ3v) is 3.69. The van der Waals surface area contributed by atoms with E-state index in [1.54, 1.807) is 44.2 Å². The van der Waals surface area contributed by atoms with Crippen molar-refractivity contribution in [3.63, 3.8) is 0 Å². The van der Waals surface area contributed by atoms with Gasteiger partial charge in [0, 0.05) is 10.6 Å². The number of hydrogen-bond donors (Lipinski definition) is 2. The maximum absolute atomic E-state index is 11.9. The number of furan rings is 1. The maximum Gasteiger partial charge on any atom is 0.258 e. The Morgan fingerprint density at radius 2 is 2.00 bits per heavy atom. The van der Waals surface area contributed by atoms with E-state index in [0.717, 1.165) is 5.76 Å². The summed E-state index contributed by atoms with van der Waals surface area (Å²) in [4.78, 5) is 11.9. The molecule has 1 aromatic carbocycles. The first-order chi connectivity index (χ1) is 10.8. The highest BCUT2D eigenvalue weighted by Crippen LogP contribution is 2.26. The predicted molar refractivity (Wildman–Crippen MR) is 87.7 cm³/mol. The monoisotopic (exact) mass is 337 g/mol. The van der Waals surface area contributed by atoms with Crippen LogP contribution < -0.4 is 10.1 Å². The molecule has 2 rings (SSSR count). The largest absolute Gasteiger partial charge is 0.484 e. The number of halogens is 1. The van der Waals surface area contributed by atoms with Gasteiger partial charge in [-0.25, -0.2) is 0 Å². The van der Waals surface area contributed by atoms with E-state index in [1.807, 2.05) is 6.92 Å². The van der Waals surface area contributed by atoms with E-state index >= 15 is 0 Å². The Morgan fingerprint density at radius 3 is 2.57 bits per heavy atom. The van der Waals surface area contributed by atoms with Crippen LogP contribution in [0.3, 0.4) is 0 Å². The molecule has 5 nitrogen and oxygen atoms in total. The van der Waals surface area contributed by atoms with Crippen molar-refractivity contribution in [1.29, 1.82) is 0 Å². The molecule has 0 saturated carbocycles. The maximum atomic E-state index is 11.9. The van der Waals surface area contributed by atoms with Crippen LogP contribution in [0.5, 0.6) is 5.75 Å². The molecule has 1 unspecified atom stereocenters. The van der Waals surface area contributed by atoms with Crippen LogP contribution in [0.4, 0.5) is 0 Å². The fourth-order valence-electron chi connectivity index (χ4n) is 2.26. The molecule has 0 radical (unpaired) electrons. The molecule has 2 aromatic rings. The zero-order valence-electron chi connectivity index (χ0n) is 13.4. The van der Waals surface area contributed by atoms with Crippen molar-refractivity contribution >= 4 is 17.5 Å². The quantitative estimate of drug-likeness (QED) is 0.850. The van der Waals surface area contributed by atoms with Gasteiger partial charge in [0.2, 0.25) is 0 Å². The van der Waals surface area contributed by atoms with Crippen LogP contribution in [-0.4, -0.2) is 24.2 Å². The number of benzene rings is 1. The molecular weight excluding hydrogens is 318 g/mol. The topological polar surface area (TPSA) is 71.7 Å². The summed E-state index contributed by atoms with van der Waals surface area (Å²) in [7, 11) is 0. The van der Waals surface area contributed by atoms with Crippen LogP contribution >= 0.6 is 11.6 Å². The van der Waals surface area contributed by atoms with Gasteiger partial charge in [0.05, 0.1) is 6.54 Å². The van der Waals surface area contributed by atoms with Gasteiger partial charge < -0.3 is 19.6 Å². The van der Waals surface area contributed by atoms with Crippen LogP contribution in [0, 0.1) is 13.8 Å². The van der Waals surface area contributed by atoms with E-state index in [2.05, 4.69) is 5.32 Å². The number of aryl methyl sites for hydroxylation is 2. The number of amides is 1. The van der Waals surface area contributed by atoms with E-state index in [4.69, 9.17) is 20.8 Å². The van der Waals surface area contributed by atoms with Crippen molar-refractivity contribution in [1.82, 2.24) is 5.32 Å². The molecule has 0 aliphatic carbocycles. The van der Waals surface area contributed by atoms with Crippen molar-refractivity contribution in [2.45, 2.75) is 26.4 Å². The molecule has 1 amide bonds. The van der Waals surface area contributed by atoms with E-state index in [1.165, 1.54) is 0 Å². The first-order valence-corrected chi connectivity index (χ1v) is 7.61. The van der Waals surface area contributed by atoms with Gasteiger partial charge in [-0.15, -0.1) is 0 Å². The van der Waals surface area contributed by atoms with Crippen molar-refractivity contribution in [2.75, 3.05) is 13.2 Å². The fourth-order valence-corrected chi connectivity index (χ4v) is 2.39. The second-order valence-corrected chi connectivity index (χ2v) is 6.06. The van der Waals surface area contributed by atoms with Crippen molar-refractivity contribution < 1.29 is 19.1 Å². The summed E-state index contributed by atoms with van der Waals surface area (Å²) >= 11 is 5.78. The van der Waals surface area contributed by atoms with Crippen LogP contribution in [0.15, 0.2) is 34.7 Å². The van der Waals surface area contributed by atoms with E-state index in [0.29, 0.717) is 22.1 Å². The predicted octanol–water partition coefficient (Wildman–Crippen LogP) is 2.95. The average Bonchev–Trinajstić information content (AvgIpc) is 2.84. The number of ether oxygens (including phenoxy) is 1. The van der Waals surface area contributed by atoms with E-state index in [9.17, 15) is 9.90 Å². The number of rotatable bonds is 6. The van der Waals surface area contributed by atoms with Gasteiger partial charge in [-0.1, -0.05) is 11.6 Å². The lowest BCUT2D eigenvalue weighted by atomic mass is 9.96. The first-order valence-electron chi connectivity index (χ1n) is 7.23. The Kier molecular flexibility index (Phi) is 5.34. The molecule has 124 valence electrons. The van der Waals surface area contributed by atoms with Crippen LogP contribution in [0.25, 0.3) is 0 Å². The molecule has 0 aliphatic heterocycles. The Morgan fingerprint density at radius 1 is 1.35 bits per heavy atom. The molecule has 1 aromatic heterocycles. The number of carbonyl (C=O) groups excluding carboxylic acids is 1. The number of nitrogens with one attached hydrogen (secondary N) is 1. The van der Waals surface area contributed by atoms with E-state index < -0.39 is 5.60 Å². The van der Waals surface area contributed by atoms with Crippen LogP contribution in [-0.2, 0) is 10.4 Å². The second-order valence-electron chi connectivity index (χ2n) is 5.62. The number of aliphatic hydroxyl groups is 1. The molecular formula is C17H20ClNO4. The summed E-state index contributed by atoms with van der Waals surface area (Å²) in [5, 5.41) is 13.8. The lowest BCUT2D eigenvalue weighted by Gasteiger charge is -2.23. The van der Waals surface area contributed by atoms with Gasteiger partial charge in [0.25, 0.3) is 5.91 Å². The molecule has 1 atom stereocenters. The van der Waals surface area contributed by atoms with Crippen molar-refractivity contribution in [3.05, 3.63) is 52.4 Å². The molecule has 23 heavy (non-hydrogen) atoms. The van der Waals surface area contributed by atoms with Crippen LogP contribution in [0.1, 0.15) is 24.0 Å². The minimum atomic E-state index is -1.21. The number of carbonyl (C=O) groups is 1. The summed E-state index contributed by atoms with van der Waals surface area (Å²) in [5.41, 5.74) is -0.550. The van der Waals surface area contributed by atoms with Crippen molar-refractivity contribution in [2.24, 2.45) is 0 Å². The third kappa shape index (κ3) is 4.74. The second kappa shape index (κ2) is 7.06. The normalized spacial score (nSPS) is 13.4. The third-order valence-electron chi connectivity index (χ3n) is 3.43. The smallest absolute Gasteiger partial charge is 0.258 e. The first kappa shape index (κ1) is 17.4. The zero-order chi connectivity index (χ0) is 17.0. The summed E-state index contributed by atoms with van der Waals surface area (Å²) in [5.74, 6) is 1.59. The van der Waals surface area contributed by atoms with Gasteiger partial charge in [0.1, 0.15) is 22.9 Å². The Balaban J connectivity index is 1.86. The molecule has 0 spiro atoms. The molecule has 0 saturated heterocycles. The molecule has 0 aliphatic rings. The highest BCUT2D eigenvalue weighted by atomic mass is 35.5. The molecule has 1 heterocycles. The fraction of sp³-hybridized carbons (Fsp3) is 0.353. The Labute approximate surface area is 140 Å². The summed E-state index contributed by atoms with van der Waals surface area (Å²) in [6.45, 7) is 5.15. The van der Waals surface area contributed by atoms with Gasteiger partial charge in [-0.2, -0.15) is 0 Å². The van der Waals surface area contributed by atoms with Crippen LogP contribution in [0.2, 0.25) is 5.02 Å². The average molecular weight is 338 g/mol. The van der Waals surface area contributed by atoms with Gasteiger partial charge in [-0.3, -0.25) is 4.79 Å². The SMILES string of the molecule is Cc1cc(C(C)(O)CNC(=O)COc2ccc(Cl)cc2)c(C)o1. The lowest BCUT2D eigenvalue weighted by molar-refractivity contribution is -0.124. The molecule has 0 fully saturated rings.